The zero-order valence-corrected chi connectivity index (χ0v) is 13.9. The van der Waals surface area contributed by atoms with Crippen LogP contribution in [0.2, 0.25) is 0 Å². The van der Waals surface area contributed by atoms with Crippen LogP contribution < -0.4 is 22.3 Å². The van der Waals surface area contributed by atoms with E-state index in [2.05, 4.69) is 12.2 Å². The number of hydrogen-bond acceptors (Lipinski definition) is 1. The van der Waals surface area contributed by atoms with Crippen LogP contribution in [0.15, 0.2) is 30.6 Å². The summed E-state index contributed by atoms with van der Waals surface area (Å²) < 4.78 is 1.89. The summed E-state index contributed by atoms with van der Waals surface area (Å²) >= 11 is 0. The highest BCUT2D eigenvalue weighted by atomic mass is 35.5. The summed E-state index contributed by atoms with van der Waals surface area (Å²) in [6, 6.07) is 5.83. The van der Waals surface area contributed by atoms with Gasteiger partial charge in [-0.2, -0.15) is 4.57 Å². The molecule has 120 valence electrons. The number of carbonyl (C=O) groups excluding carboxylic acids is 1. The Kier molecular flexibility index (Phi) is 13.2. The van der Waals surface area contributed by atoms with Gasteiger partial charge < -0.3 is 17.7 Å². The van der Waals surface area contributed by atoms with Crippen molar-refractivity contribution in [1.29, 1.82) is 0 Å². The Morgan fingerprint density at radius 1 is 0.905 bits per heavy atom. The Labute approximate surface area is 135 Å². The molecule has 0 unspecified atom stereocenters. The van der Waals surface area contributed by atoms with Gasteiger partial charge in [0.15, 0.2) is 12.4 Å². The molecule has 21 heavy (non-hydrogen) atoms. The van der Waals surface area contributed by atoms with Crippen LogP contribution in [0.4, 0.5) is 0 Å². The smallest absolute Gasteiger partial charge is 0.285 e. The second kappa shape index (κ2) is 13.9. The number of carbonyl (C=O) groups is 1. The molecule has 1 amide bonds. The average Bonchev–Trinajstić information content (AvgIpc) is 2.46. The molecule has 0 fully saturated rings. The topological polar surface area (TPSA) is 33.0 Å². The number of nitrogens with one attached hydrogen (secondary N) is 1. The highest BCUT2D eigenvalue weighted by Crippen LogP contribution is 2.07. The van der Waals surface area contributed by atoms with E-state index in [1.165, 1.54) is 44.9 Å². The van der Waals surface area contributed by atoms with Gasteiger partial charge in [-0.3, -0.25) is 4.79 Å². The lowest BCUT2D eigenvalue weighted by Gasteiger charge is -2.03. The fourth-order valence-electron chi connectivity index (χ4n) is 2.25. The lowest BCUT2D eigenvalue weighted by Crippen LogP contribution is -3.00. The normalized spacial score (nSPS) is 9.95. The van der Waals surface area contributed by atoms with Crippen LogP contribution in [0, 0.1) is 0 Å². The summed E-state index contributed by atoms with van der Waals surface area (Å²) in [5.41, 5.74) is 0. The molecule has 0 saturated carbocycles. The molecule has 0 spiro atoms. The standard InChI is InChI=1S/C17H28N2O.ClH/c1-2-3-4-5-6-7-8-10-13-18-17(20)16-19-14-11-9-12-15-19;/h9,11-12,14-15H,2-8,10,13,16H2,1H3;1H. The van der Waals surface area contributed by atoms with E-state index in [-0.39, 0.29) is 18.3 Å². The molecule has 4 heteroatoms. The first kappa shape index (κ1) is 19.9. The van der Waals surface area contributed by atoms with Gasteiger partial charge in [-0.25, -0.2) is 0 Å². The van der Waals surface area contributed by atoms with E-state index in [9.17, 15) is 4.79 Å². The van der Waals surface area contributed by atoms with Crippen LogP contribution in [0.25, 0.3) is 0 Å². The second-order valence-electron chi connectivity index (χ2n) is 5.37. The fraction of sp³-hybridized carbons (Fsp3) is 0.647. The van der Waals surface area contributed by atoms with Crippen molar-refractivity contribution in [1.82, 2.24) is 5.32 Å². The quantitative estimate of drug-likeness (QED) is 0.461. The van der Waals surface area contributed by atoms with Gasteiger partial charge in [0.05, 0.1) is 0 Å². The number of nitrogens with zero attached hydrogens (tertiary/aromatic N) is 1. The lowest BCUT2D eigenvalue weighted by molar-refractivity contribution is -0.684. The molecule has 0 aliphatic heterocycles. The van der Waals surface area contributed by atoms with Gasteiger partial charge in [0, 0.05) is 18.7 Å². The van der Waals surface area contributed by atoms with E-state index in [1.807, 2.05) is 35.2 Å². The van der Waals surface area contributed by atoms with Crippen LogP contribution in [0.3, 0.4) is 0 Å². The number of unbranched alkanes of at least 4 members (excludes halogenated alkanes) is 7. The predicted octanol–water partition coefficient (Wildman–Crippen LogP) is 0.235. The summed E-state index contributed by atoms with van der Waals surface area (Å²) in [5, 5.41) is 2.98. The molecule has 0 aromatic carbocycles. The molecule has 1 heterocycles. The molecule has 0 bridgehead atoms. The zero-order valence-electron chi connectivity index (χ0n) is 13.2. The maximum Gasteiger partial charge on any atom is 0.285 e. The summed E-state index contributed by atoms with van der Waals surface area (Å²) in [6.07, 6.45) is 14.2. The minimum Gasteiger partial charge on any atom is -1.00 e. The first-order valence-corrected chi connectivity index (χ1v) is 8.03. The van der Waals surface area contributed by atoms with E-state index in [4.69, 9.17) is 0 Å². The molecular weight excluding hydrogens is 284 g/mol. The predicted molar refractivity (Wildman–Crippen MR) is 82.3 cm³/mol. The number of rotatable bonds is 11. The summed E-state index contributed by atoms with van der Waals surface area (Å²) in [7, 11) is 0. The van der Waals surface area contributed by atoms with Crippen molar-refractivity contribution in [2.24, 2.45) is 0 Å². The largest absolute Gasteiger partial charge is 1.00 e. The van der Waals surface area contributed by atoms with E-state index in [1.54, 1.807) is 0 Å². The van der Waals surface area contributed by atoms with Crippen LogP contribution in [0.1, 0.15) is 58.3 Å². The van der Waals surface area contributed by atoms with Crippen molar-refractivity contribution in [3.8, 4) is 0 Å². The minimum absolute atomic E-state index is 0. The monoisotopic (exact) mass is 312 g/mol. The van der Waals surface area contributed by atoms with E-state index < -0.39 is 0 Å². The van der Waals surface area contributed by atoms with Crippen LogP contribution >= 0.6 is 0 Å². The first-order chi connectivity index (χ1) is 9.83. The third-order valence-corrected chi connectivity index (χ3v) is 3.46. The Morgan fingerprint density at radius 2 is 1.48 bits per heavy atom. The van der Waals surface area contributed by atoms with E-state index >= 15 is 0 Å². The van der Waals surface area contributed by atoms with Gasteiger partial charge >= 0.3 is 0 Å². The molecule has 0 saturated heterocycles. The van der Waals surface area contributed by atoms with Crippen molar-refractivity contribution in [2.45, 2.75) is 64.8 Å². The number of hydrogen-bond donors (Lipinski definition) is 1. The van der Waals surface area contributed by atoms with Crippen LogP contribution in [0.5, 0.6) is 0 Å². The second-order valence-corrected chi connectivity index (χ2v) is 5.37. The van der Waals surface area contributed by atoms with Crippen molar-refractivity contribution < 1.29 is 21.8 Å². The molecular formula is C17H29ClN2O. The molecule has 0 atom stereocenters. The van der Waals surface area contributed by atoms with E-state index in [0.717, 1.165) is 13.0 Å². The number of halogens is 1. The molecule has 1 aromatic rings. The summed E-state index contributed by atoms with van der Waals surface area (Å²) in [5.74, 6) is 0.101. The zero-order chi connectivity index (χ0) is 14.5. The number of amides is 1. The van der Waals surface area contributed by atoms with Gasteiger partial charge in [-0.1, -0.05) is 57.9 Å². The molecule has 3 nitrogen and oxygen atoms in total. The van der Waals surface area contributed by atoms with Crippen molar-refractivity contribution >= 4 is 5.91 Å². The van der Waals surface area contributed by atoms with Gasteiger partial charge in [-0.05, 0) is 6.42 Å². The summed E-state index contributed by atoms with van der Waals surface area (Å²) in [4.78, 5) is 11.7. The van der Waals surface area contributed by atoms with Crippen LogP contribution in [-0.4, -0.2) is 12.5 Å². The highest BCUT2D eigenvalue weighted by molar-refractivity contribution is 5.74. The number of pyridine rings is 1. The number of aromatic nitrogens is 1. The third-order valence-electron chi connectivity index (χ3n) is 3.46. The average molecular weight is 313 g/mol. The van der Waals surface area contributed by atoms with Crippen molar-refractivity contribution in [3.63, 3.8) is 0 Å². The van der Waals surface area contributed by atoms with Gasteiger partial charge in [-0.15, -0.1) is 0 Å². The van der Waals surface area contributed by atoms with Gasteiger partial charge in [0.1, 0.15) is 0 Å². The Balaban J connectivity index is 0.00000400. The van der Waals surface area contributed by atoms with E-state index in [0.29, 0.717) is 6.54 Å². The fourth-order valence-corrected chi connectivity index (χ4v) is 2.25. The first-order valence-electron chi connectivity index (χ1n) is 8.03. The van der Waals surface area contributed by atoms with Crippen molar-refractivity contribution in [3.05, 3.63) is 30.6 Å². The molecule has 0 aliphatic rings. The molecule has 1 aromatic heterocycles. The van der Waals surface area contributed by atoms with Crippen LogP contribution in [-0.2, 0) is 11.3 Å². The Morgan fingerprint density at radius 3 is 2.10 bits per heavy atom. The molecule has 1 N–H and O–H groups in total. The third kappa shape index (κ3) is 11.3. The van der Waals surface area contributed by atoms with Gasteiger partial charge in [0.25, 0.3) is 5.91 Å². The Bertz CT molecular complexity index is 357. The minimum atomic E-state index is 0. The summed E-state index contributed by atoms with van der Waals surface area (Å²) in [6.45, 7) is 3.47. The lowest BCUT2D eigenvalue weighted by atomic mass is 10.1. The SMILES string of the molecule is CCCCCCCCCCNC(=O)C[n+]1ccccc1.[Cl-]. The maximum atomic E-state index is 11.7. The Hall–Kier alpha value is -1.09. The maximum absolute atomic E-state index is 11.7. The van der Waals surface area contributed by atoms with Gasteiger partial charge in [0.2, 0.25) is 6.54 Å². The highest BCUT2D eigenvalue weighted by Gasteiger charge is 2.06. The molecule has 0 radical (unpaired) electrons. The molecule has 0 aliphatic carbocycles. The molecule has 1 rings (SSSR count). The van der Waals surface area contributed by atoms with Crippen molar-refractivity contribution in [2.75, 3.05) is 6.54 Å².